The second-order valence-electron chi connectivity index (χ2n) is 4.21. The van der Waals surface area contributed by atoms with Gasteiger partial charge in [0.1, 0.15) is 4.21 Å². The molecular formula is C10H15BrClN3O3S2. The van der Waals surface area contributed by atoms with Gasteiger partial charge in [0.25, 0.3) is 10.0 Å². The van der Waals surface area contributed by atoms with Crippen LogP contribution in [-0.4, -0.2) is 40.5 Å². The molecule has 0 atom stereocenters. The van der Waals surface area contributed by atoms with Crippen molar-refractivity contribution in [1.29, 1.82) is 0 Å². The number of carbonyl (C=O) groups excluding carboxylic acids is 1. The lowest BCUT2D eigenvalue weighted by molar-refractivity contribution is -0.120. The predicted octanol–water partition coefficient (Wildman–Crippen LogP) is 0.546. The van der Waals surface area contributed by atoms with E-state index in [-0.39, 0.29) is 29.1 Å². The van der Waals surface area contributed by atoms with Crippen molar-refractivity contribution < 1.29 is 13.2 Å². The molecule has 2 heterocycles. The van der Waals surface area contributed by atoms with Crippen LogP contribution in [0.1, 0.15) is 0 Å². The SMILES string of the molecule is Cl.O=C(CNS(=O)(=O)c1ccc(Br)s1)NCC1CNC1. The first-order chi connectivity index (χ1) is 8.97. The first-order valence-electron chi connectivity index (χ1n) is 5.70. The van der Waals surface area contributed by atoms with E-state index in [4.69, 9.17) is 0 Å². The van der Waals surface area contributed by atoms with Crippen molar-refractivity contribution in [3.63, 3.8) is 0 Å². The van der Waals surface area contributed by atoms with Gasteiger partial charge in [-0.05, 0) is 28.1 Å². The zero-order valence-electron chi connectivity index (χ0n) is 10.4. The summed E-state index contributed by atoms with van der Waals surface area (Å²) in [7, 11) is -3.60. The number of amides is 1. The van der Waals surface area contributed by atoms with Gasteiger partial charge in [-0.3, -0.25) is 4.79 Å². The molecule has 1 saturated heterocycles. The van der Waals surface area contributed by atoms with Gasteiger partial charge in [0, 0.05) is 25.6 Å². The quantitative estimate of drug-likeness (QED) is 0.646. The smallest absolute Gasteiger partial charge is 0.250 e. The number of thiophene rings is 1. The average molecular weight is 405 g/mol. The van der Waals surface area contributed by atoms with Crippen LogP contribution >= 0.6 is 39.7 Å². The molecule has 1 aromatic rings. The summed E-state index contributed by atoms with van der Waals surface area (Å²) >= 11 is 4.30. The van der Waals surface area contributed by atoms with Crippen LogP contribution in [0.25, 0.3) is 0 Å². The largest absolute Gasteiger partial charge is 0.355 e. The molecule has 10 heteroatoms. The van der Waals surface area contributed by atoms with Crippen LogP contribution in [0.4, 0.5) is 0 Å². The molecule has 0 aliphatic carbocycles. The summed E-state index contributed by atoms with van der Waals surface area (Å²) in [5, 5.41) is 5.80. The molecule has 3 N–H and O–H groups in total. The fraction of sp³-hybridized carbons (Fsp3) is 0.500. The Labute approximate surface area is 136 Å². The molecule has 114 valence electrons. The minimum absolute atomic E-state index is 0. The molecule has 1 fully saturated rings. The van der Waals surface area contributed by atoms with E-state index in [0.717, 1.165) is 28.2 Å². The molecule has 0 aromatic carbocycles. The summed E-state index contributed by atoms with van der Waals surface area (Å²) in [5.74, 6) is 0.139. The van der Waals surface area contributed by atoms with Crippen LogP contribution < -0.4 is 15.4 Å². The van der Waals surface area contributed by atoms with E-state index in [9.17, 15) is 13.2 Å². The molecule has 0 bridgehead atoms. The van der Waals surface area contributed by atoms with Crippen LogP contribution in [0, 0.1) is 5.92 Å². The van der Waals surface area contributed by atoms with Gasteiger partial charge in [-0.2, -0.15) is 0 Å². The highest BCUT2D eigenvalue weighted by Gasteiger charge is 2.19. The number of hydrogen-bond donors (Lipinski definition) is 3. The molecule has 1 aliphatic heterocycles. The third-order valence-electron chi connectivity index (χ3n) is 2.69. The first-order valence-corrected chi connectivity index (χ1v) is 8.79. The molecule has 0 radical (unpaired) electrons. The summed E-state index contributed by atoms with van der Waals surface area (Å²) in [6.07, 6.45) is 0. The van der Waals surface area contributed by atoms with Crippen molar-refractivity contribution in [2.24, 2.45) is 5.92 Å². The highest BCUT2D eigenvalue weighted by atomic mass is 79.9. The minimum atomic E-state index is -3.60. The van der Waals surface area contributed by atoms with Crippen LogP contribution in [0.15, 0.2) is 20.1 Å². The first kappa shape index (κ1) is 17.9. The van der Waals surface area contributed by atoms with Crippen molar-refractivity contribution in [2.75, 3.05) is 26.2 Å². The van der Waals surface area contributed by atoms with E-state index in [1.165, 1.54) is 6.07 Å². The maximum absolute atomic E-state index is 11.8. The van der Waals surface area contributed by atoms with Gasteiger partial charge < -0.3 is 10.6 Å². The Kier molecular flexibility index (Phi) is 6.89. The fourth-order valence-electron chi connectivity index (χ4n) is 1.49. The second-order valence-corrected chi connectivity index (χ2v) is 8.67. The number of carbonyl (C=O) groups is 1. The van der Waals surface area contributed by atoms with Gasteiger partial charge in [0.2, 0.25) is 5.91 Å². The Morgan fingerprint density at radius 2 is 2.15 bits per heavy atom. The molecule has 1 amide bonds. The summed E-state index contributed by atoms with van der Waals surface area (Å²) in [5.41, 5.74) is 0. The minimum Gasteiger partial charge on any atom is -0.355 e. The molecule has 6 nitrogen and oxygen atoms in total. The van der Waals surface area contributed by atoms with Crippen LogP contribution in [0.5, 0.6) is 0 Å². The van der Waals surface area contributed by atoms with E-state index in [1.807, 2.05) is 0 Å². The van der Waals surface area contributed by atoms with Gasteiger partial charge in [-0.25, -0.2) is 13.1 Å². The predicted molar refractivity (Wildman–Crippen MR) is 83.8 cm³/mol. The lowest BCUT2D eigenvalue weighted by Crippen LogP contribution is -2.49. The summed E-state index contributed by atoms with van der Waals surface area (Å²) < 4.78 is 26.9. The second kappa shape index (κ2) is 7.71. The summed E-state index contributed by atoms with van der Waals surface area (Å²) in [6, 6.07) is 3.15. The average Bonchev–Trinajstić information content (AvgIpc) is 2.72. The molecule has 0 spiro atoms. The van der Waals surface area contributed by atoms with E-state index >= 15 is 0 Å². The van der Waals surface area contributed by atoms with Crippen molar-refractivity contribution in [3.05, 3.63) is 15.9 Å². The number of halogens is 2. The third-order valence-corrected chi connectivity index (χ3v) is 6.21. The molecule has 2 rings (SSSR count). The number of nitrogens with one attached hydrogen (secondary N) is 3. The highest BCUT2D eigenvalue weighted by molar-refractivity contribution is 9.11. The maximum Gasteiger partial charge on any atom is 0.250 e. The van der Waals surface area contributed by atoms with Gasteiger partial charge >= 0.3 is 0 Å². The van der Waals surface area contributed by atoms with Gasteiger partial charge in [-0.15, -0.1) is 23.7 Å². The van der Waals surface area contributed by atoms with Crippen LogP contribution in [0.3, 0.4) is 0 Å². The van der Waals surface area contributed by atoms with Crippen molar-refractivity contribution in [1.82, 2.24) is 15.4 Å². The Bertz CT molecular complexity index is 560. The van der Waals surface area contributed by atoms with E-state index in [2.05, 4.69) is 31.3 Å². The molecule has 0 unspecified atom stereocenters. The van der Waals surface area contributed by atoms with Gasteiger partial charge in [-0.1, -0.05) is 0 Å². The third kappa shape index (κ3) is 4.97. The van der Waals surface area contributed by atoms with Crippen LogP contribution in [0.2, 0.25) is 0 Å². The summed E-state index contributed by atoms with van der Waals surface area (Å²) in [6.45, 7) is 2.14. The maximum atomic E-state index is 11.8. The van der Waals surface area contributed by atoms with Gasteiger partial charge in [0.05, 0.1) is 10.3 Å². The topological polar surface area (TPSA) is 87.3 Å². The van der Waals surface area contributed by atoms with E-state index in [1.54, 1.807) is 6.07 Å². The summed E-state index contributed by atoms with van der Waals surface area (Å²) in [4.78, 5) is 11.5. The normalized spacial score (nSPS) is 15.2. The number of rotatable bonds is 6. The Balaban J connectivity index is 0.00000200. The standard InChI is InChI=1S/C10H14BrN3O3S2.ClH/c11-8-1-2-10(18-8)19(16,17)14-6-9(15)13-5-7-3-12-4-7;/h1-2,7,12,14H,3-6H2,(H,13,15);1H. The van der Waals surface area contributed by atoms with Crippen molar-refractivity contribution >= 4 is 55.6 Å². The monoisotopic (exact) mass is 403 g/mol. The molecule has 0 saturated carbocycles. The van der Waals surface area contributed by atoms with Gasteiger partial charge in [0.15, 0.2) is 0 Å². The van der Waals surface area contributed by atoms with E-state index in [0.29, 0.717) is 12.5 Å². The molecule has 20 heavy (non-hydrogen) atoms. The highest BCUT2D eigenvalue weighted by Crippen LogP contribution is 2.25. The zero-order valence-corrected chi connectivity index (χ0v) is 14.4. The fourth-order valence-corrected chi connectivity index (χ4v) is 4.52. The van der Waals surface area contributed by atoms with Crippen LogP contribution in [-0.2, 0) is 14.8 Å². The van der Waals surface area contributed by atoms with Crippen molar-refractivity contribution in [3.8, 4) is 0 Å². The lowest BCUT2D eigenvalue weighted by Gasteiger charge is -2.27. The van der Waals surface area contributed by atoms with Crippen molar-refractivity contribution in [2.45, 2.75) is 4.21 Å². The molecular weight excluding hydrogens is 390 g/mol. The Morgan fingerprint density at radius 1 is 1.45 bits per heavy atom. The Morgan fingerprint density at radius 3 is 2.65 bits per heavy atom. The number of hydrogen-bond acceptors (Lipinski definition) is 5. The van der Waals surface area contributed by atoms with E-state index < -0.39 is 10.0 Å². The number of sulfonamides is 1. The molecule has 1 aromatic heterocycles. The lowest BCUT2D eigenvalue weighted by atomic mass is 10.0. The zero-order chi connectivity index (χ0) is 13.9. The Hall–Kier alpha value is -0.190. The molecule has 1 aliphatic rings.